The number of halogens is 1. The van der Waals surface area contributed by atoms with Gasteiger partial charge in [-0.05, 0) is 110 Å². The number of aliphatic hydroxyl groups excluding tert-OH is 1. The Balaban J connectivity index is 1.56. The fourth-order valence-electron chi connectivity index (χ4n) is 7.98. The minimum Gasteiger partial charge on any atom is -0.508 e. The number of urea groups is 1. The van der Waals surface area contributed by atoms with E-state index in [1.54, 1.807) is 48.5 Å². The second kappa shape index (κ2) is 31.2. The fraction of sp³-hybridized carbons (Fsp3) is 0.385. The van der Waals surface area contributed by atoms with Crippen LogP contribution < -0.4 is 65.5 Å². The number of benzene rings is 3. The number of unbranched alkanes of at least 4 members (excludes halogenated alkanes) is 1. The van der Waals surface area contributed by atoms with Crippen LogP contribution in [0.2, 0.25) is 5.02 Å². The highest BCUT2D eigenvalue weighted by atomic mass is 35.5. The Morgan fingerprint density at radius 2 is 1.24 bits per heavy atom. The van der Waals surface area contributed by atoms with Gasteiger partial charge >= 0.3 is 6.03 Å². The number of carbonyl (C=O) groups is 9. The number of aromatic nitrogens is 1. The largest absolute Gasteiger partial charge is 0.508 e. The van der Waals surface area contributed by atoms with Crippen molar-refractivity contribution in [1.29, 1.82) is 0 Å². The Bertz CT molecular complexity index is 2730. The van der Waals surface area contributed by atoms with Gasteiger partial charge in [-0.3, -0.25) is 43.3 Å². The molecule has 1 aliphatic heterocycles. The molecule has 0 radical (unpaired) electrons. The molecule has 1 fully saturated rings. The zero-order valence-electron chi connectivity index (χ0n) is 43.0. The predicted molar refractivity (Wildman–Crippen MR) is 298 cm³/mol. The van der Waals surface area contributed by atoms with Crippen molar-refractivity contribution in [1.82, 2.24) is 42.2 Å². The molecule has 24 nitrogen and oxygen atoms in total. The first-order chi connectivity index (χ1) is 37.7. The molecule has 0 unspecified atom stereocenters. The Morgan fingerprint density at radius 3 is 1.84 bits per heavy atom. The quantitative estimate of drug-likeness (QED) is 0.0408. The molecule has 9 atom stereocenters. The number of hydrogen-bond acceptors (Lipinski definition) is 16. The lowest BCUT2D eigenvalue weighted by molar-refractivity contribution is -0.136. The molecule has 79 heavy (non-hydrogen) atoms. The van der Waals surface area contributed by atoms with Crippen molar-refractivity contribution in [2.45, 2.75) is 106 Å². The number of aromatic hydroxyl groups is 1. The molecular formula is C52H66ClN13O11S2. The van der Waals surface area contributed by atoms with Gasteiger partial charge in [-0.1, -0.05) is 69.6 Å². The van der Waals surface area contributed by atoms with Crippen LogP contribution in [0, 0.1) is 0 Å². The number of rotatable bonds is 19. The maximum absolute atomic E-state index is 14.7. The number of aliphatic hydroxyl groups is 1. The van der Waals surface area contributed by atoms with Gasteiger partial charge in [-0.15, -0.1) is 0 Å². The van der Waals surface area contributed by atoms with Crippen LogP contribution >= 0.6 is 33.2 Å². The van der Waals surface area contributed by atoms with Gasteiger partial charge in [-0.2, -0.15) is 0 Å². The molecule has 27 heteroatoms. The SMILES string of the molecule is C[C@@H](O)[C@@H]1NC(=O)[C@H](CCCCN)NC(=O)[C@@H](Cc2ccc(NC(N)=O)cc2)NC(=O)[C@@H](Cc2ccncc2)NC(=O)[C@@H](NC(=O)[C@H](N)Cc2ccc(Cl)cc2)CSSC[C@@H](C(=O)N[C@H](Cc2ccc(O)cc2)C(N)=O)NC1=O. The van der Waals surface area contributed by atoms with Crippen molar-refractivity contribution in [2.24, 2.45) is 22.9 Å². The van der Waals surface area contributed by atoms with Crippen molar-refractivity contribution < 1.29 is 53.4 Å². The summed E-state index contributed by atoms with van der Waals surface area (Å²) in [6.45, 7) is 1.43. The fourth-order valence-corrected chi connectivity index (χ4v) is 10.4. The van der Waals surface area contributed by atoms with Crippen molar-refractivity contribution in [3.05, 3.63) is 125 Å². The van der Waals surface area contributed by atoms with Crippen LogP contribution in [0.25, 0.3) is 0 Å². The zero-order valence-corrected chi connectivity index (χ0v) is 45.4. The summed E-state index contributed by atoms with van der Waals surface area (Å²) in [6, 6.07) is 9.40. The van der Waals surface area contributed by atoms with E-state index in [0.717, 1.165) is 21.6 Å². The van der Waals surface area contributed by atoms with Gasteiger partial charge in [0.1, 0.15) is 48.0 Å². The molecule has 0 spiro atoms. The second-order valence-electron chi connectivity index (χ2n) is 18.6. The van der Waals surface area contributed by atoms with E-state index >= 15 is 0 Å². The van der Waals surface area contributed by atoms with Gasteiger partial charge in [0.05, 0.1) is 12.1 Å². The number of phenolic OH excluding ortho intramolecular Hbond substituents is 1. The Hall–Kier alpha value is -7.49. The number of carbonyl (C=O) groups excluding carboxylic acids is 9. The predicted octanol–water partition coefficient (Wildman–Crippen LogP) is -0.687. The van der Waals surface area contributed by atoms with E-state index in [9.17, 15) is 53.4 Å². The maximum atomic E-state index is 14.7. The number of nitrogens with two attached hydrogens (primary N) is 4. The maximum Gasteiger partial charge on any atom is 0.316 e. The Morgan fingerprint density at radius 1 is 0.696 bits per heavy atom. The third-order valence-corrected chi connectivity index (χ3v) is 15.0. The highest BCUT2D eigenvalue weighted by Crippen LogP contribution is 2.24. The zero-order chi connectivity index (χ0) is 57.6. The summed E-state index contributed by atoms with van der Waals surface area (Å²) in [5.41, 5.74) is 25.7. The molecule has 424 valence electrons. The number of phenols is 1. The van der Waals surface area contributed by atoms with Crippen molar-refractivity contribution in [3.63, 3.8) is 0 Å². The van der Waals surface area contributed by atoms with Gasteiger partial charge in [0, 0.05) is 53.9 Å². The molecule has 0 bridgehead atoms. The van der Waals surface area contributed by atoms with Gasteiger partial charge in [-0.25, -0.2) is 4.79 Å². The Labute approximate surface area is 468 Å². The number of hydrogen-bond donors (Lipinski definition) is 14. The highest BCUT2D eigenvalue weighted by Gasteiger charge is 2.36. The minimum atomic E-state index is -1.75. The highest BCUT2D eigenvalue weighted by molar-refractivity contribution is 8.76. The molecule has 2 heterocycles. The van der Waals surface area contributed by atoms with Crippen LogP contribution in [-0.2, 0) is 64.0 Å². The summed E-state index contributed by atoms with van der Waals surface area (Å²) in [6.07, 6.45) is 1.56. The van der Waals surface area contributed by atoms with E-state index in [0.29, 0.717) is 39.4 Å². The third-order valence-electron chi connectivity index (χ3n) is 12.3. The molecule has 4 aromatic rings. The number of amides is 10. The van der Waals surface area contributed by atoms with E-state index < -0.39 is 108 Å². The average molecular weight is 1150 g/mol. The van der Waals surface area contributed by atoms with Crippen LogP contribution in [0.5, 0.6) is 5.75 Å². The summed E-state index contributed by atoms with van der Waals surface area (Å²) in [4.78, 5) is 129. The second-order valence-corrected chi connectivity index (χ2v) is 21.6. The first kappa shape index (κ1) is 62.4. The van der Waals surface area contributed by atoms with E-state index in [1.807, 2.05) is 0 Å². The van der Waals surface area contributed by atoms with E-state index in [1.165, 1.54) is 55.7 Å². The first-order valence-corrected chi connectivity index (χ1v) is 27.9. The number of primary amides is 2. The third kappa shape index (κ3) is 20.7. The molecule has 1 aromatic heterocycles. The van der Waals surface area contributed by atoms with Crippen LogP contribution in [0.1, 0.15) is 48.4 Å². The molecule has 10 amide bonds. The molecule has 0 saturated carbocycles. The van der Waals surface area contributed by atoms with E-state index in [-0.39, 0.29) is 62.3 Å². The average Bonchev–Trinajstić information content (AvgIpc) is 3.41. The lowest BCUT2D eigenvalue weighted by atomic mass is 10.0. The van der Waals surface area contributed by atoms with E-state index in [4.69, 9.17) is 34.5 Å². The molecule has 1 saturated heterocycles. The summed E-state index contributed by atoms with van der Waals surface area (Å²) >= 11 is 6.07. The van der Waals surface area contributed by atoms with Crippen molar-refractivity contribution >= 4 is 92.2 Å². The molecule has 3 aromatic carbocycles. The summed E-state index contributed by atoms with van der Waals surface area (Å²) in [7, 11) is 1.93. The normalized spacial score (nSPS) is 21.0. The van der Waals surface area contributed by atoms with Crippen LogP contribution in [0.3, 0.4) is 0 Å². The topological polar surface area (TPSA) is 407 Å². The standard InChI is InChI=1S/C52H66ClN13O11S2/c1-28(67)43-51(76)65-42(49(74)61-38(44(56)69)23-31-9-15-35(68)16-10-31)27-79-78-26-41(64-45(70)36(55)22-29-5-11-33(53)12-6-29)50(75)63-40(25-32-17-20-58-21-18-32)48(73)62-39(24-30-7-13-34(14-8-30)59-52(57)77)47(72)60-37(46(71)66-43)4-2-3-19-54/h5-18,20-21,28,36-43,67-68H,2-4,19,22-27,54-55H2,1H3,(H2,56,69)(H,60,72)(H,61,74)(H,62,73)(H,63,75)(H,64,70)(H,65,76)(H,66,71)(H3,57,59,77)/t28-,36-,37+,38-,39-,40-,41+,42+,43+/m1/s1. The van der Waals surface area contributed by atoms with Crippen LogP contribution in [-0.4, -0.2) is 141 Å². The molecular weight excluding hydrogens is 1080 g/mol. The Kier molecular flexibility index (Phi) is 24.6. The van der Waals surface area contributed by atoms with E-state index in [2.05, 4.69) is 47.5 Å². The van der Waals surface area contributed by atoms with Gasteiger partial charge in [0.2, 0.25) is 47.3 Å². The molecule has 18 N–H and O–H groups in total. The van der Waals surface area contributed by atoms with Gasteiger partial charge in [0.15, 0.2) is 0 Å². The smallest absolute Gasteiger partial charge is 0.316 e. The van der Waals surface area contributed by atoms with Crippen molar-refractivity contribution in [3.8, 4) is 5.75 Å². The monoisotopic (exact) mass is 1150 g/mol. The lowest BCUT2D eigenvalue weighted by Crippen LogP contribution is -2.62. The van der Waals surface area contributed by atoms with Crippen molar-refractivity contribution in [2.75, 3.05) is 23.4 Å². The van der Waals surface area contributed by atoms with Crippen LogP contribution in [0.4, 0.5) is 10.5 Å². The summed E-state index contributed by atoms with van der Waals surface area (Å²) < 4.78 is 0. The number of nitrogens with one attached hydrogen (secondary N) is 8. The van der Waals surface area contributed by atoms with Gasteiger partial charge in [0.25, 0.3) is 0 Å². The summed E-state index contributed by atoms with van der Waals surface area (Å²) in [5.74, 6) is -7.77. The number of anilines is 1. The molecule has 1 aliphatic rings. The number of pyridine rings is 1. The minimum absolute atomic E-state index is 0.0390. The van der Waals surface area contributed by atoms with Crippen LogP contribution in [0.15, 0.2) is 97.3 Å². The number of nitrogens with zero attached hydrogens (tertiary/aromatic N) is 1. The van der Waals surface area contributed by atoms with Gasteiger partial charge < -0.3 is 75.7 Å². The molecule has 0 aliphatic carbocycles. The lowest BCUT2D eigenvalue weighted by Gasteiger charge is -2.29. The molecule has 5 rings (SSSR count). The first-order valence-electron chi connectivity index (χ1n) is 25.1. The summed E-state index contributed by atoms with van der Waals surface area (Å²) in [5, 5.41) is 42.2.